The zero-order valence-electron chi connectivity index (χ0n) is 7.42. The van der Waals surface area contributed by atoms with Crippen LogP contribution in [0.25, 0.3) is 0 Å². The molecule has 1 atom stereocenters. The Hall–Kier alpha value is -0.200. The maximum atomic E-state index is 8.61. The molecule has 2 N–H and O–H groups in total. The average molecular weight is 172 g/mol. The molecule has 11 heavy (non-hydrogen) atoms. The first-order valence-corrected chi connectivity index (χ1v) is 4.84. The van der Waals surface area contributed by atoms with Crippen LogP contribution in [0.3, 0.4) is 0 Å². The minimum absolute atomic E-state index is 0.109. The maximum Gasteiger partial charge on any atom is 0.0914 e. The van der Waals surface area contributed by atoms with Gasteiger partial charge in [0, 0.05) is 11.3 Å². The topological polar surface area (TPSA) is 49.8 Å². The van der Waals surface area contributed by atoms with E-state index in [9.17, 15) is 0 Å². The molecule has 3 heteroatoms. The minimum Gasteiger partial charge on any atom is -0.325 e. The molecule has 0 aromatic carbocycles. The Labute approximate surface area is 73.1 Å². The van der Waals surface area contributed by atoms with Gasteiger partial charge in [-0.2, -0.15) is 5.26 Å². The Morgan fingerprint density at radius 3 is 2.45 bits per heavy atom. The predicted molar refractivity (Wildman–Crippen MR) is 50.4 cm³/mol. The van der Waals surface area contributed by atoms with Gasteiger partial charge >= 0.3 is 0 Å². The summed E-state index contributed by atoms with van der Waals surface area (Å²) in [5, 5.41) is 8.72. The maximum absolute atomic E-state index is 8.61. The molecule has 0 aliphatic carbocycles. The van der Waals surface area contributed by atoms with E-state index in [1.165, 1.54) is 0 Å². The van der Waals surface area contributed by atoms with E-state index in [0.717, 1.165) is 12.2 Å². The van der Waals surface area contributed by atoms with Crippen LogP contribution >= 0.6 is 11.8 Å². The van der Waals surface area contributed by atoms with E-state index in [2.05, 4.69) is 6.07 Å². The van der Waals surface area contributed by atoms with Gasteiger partial charge in [-0.25, -0.2) is 0 Å². The zero-order valence-corrected chi connectivity index (χ0v) is 8.24. The monoisotopic (exact) mass is 172 g/mol. The van der Waals surface area contributed by atoms with Crippen molar-refractivity contribution in [1.29, 1.82) is 5.26 Å². The molecule has 2 nitrogen and oxygen atoms in total. The number of hydrogen-bond donors (Lipinski definition) is 1. The van der Waals surface area contributed by atoms with Crippen molar-refractivity contribution in [1.82, 2.24) is 0 Å². The number of nitriles is 1. The Bertz CT molecular complexity index is 143. The molecule has 0 saturated heterocycles. The number of rotatable bonds is 4. The van der Waals surface area contributed by atoms with Gasteiger partial charge in [0.2, 0.25) is 0 Å². The number of nitrogens with zero attached hydrogens (tertiary/aromatic N) is 1. The third kappa shape index (κ3) is 6.21. The van der Waals surface area contributed by atoms with Crippen molar-refractivity contribution in [3.05, 3.63) is 0 Å². The smallest absolute Gasteiger partial charge is 0.0914 e. The van der Waals surface area contributed by atoms with Crippen molar-refractivity contribution in [2.45, 2.75) is 38.0 Å². The molecule has 0 fully saturated rings. The Morgan fingerprint density at radius 2 is 2.18 bits per heavy atom. The second-order valence-electron chi connectivity index (χ2n) is 3.33. The molecule has 0 aromatic rings. The van der Waals surface area contributed by atoms with Crippen LogP contribution in [0.15, 0.2) is 0 Å². The lowest BCUT2D eigenvalue weighted by Gasteiger charge is -2.18. The van der Waals surface area contributed by atoms with Crippen molar-refractivity contribution >= 4 is 11.8 Å². The fourth-order valence-corrected chi connectivity index (χ4v) is 1.50. The van der Waals surface area contributed by atoms with E-state index in [0.29, 0.717) is 0 Å². The van der Waals surface area contributed by atoms with Gasteiger partial charge < -0.3 is 5.73 Å². The molecule has 0 amide bonds. The van der Waals surface area contributed by atoms with E-state index in [4.69, 9.17) is 11.0 Å². The average Bonchev–Trinajstić information content (AvgIpc) is 1.88. The highest BCUT2D eigenvalue weighted by Gasteiger charge is 2.13. The fraction of sp³-hybridized carbons (Fsp3) is 0.875. The normalized spacial score (nSPS) is 14.1. The molecule has 0 aliphatic rings. The van der Waals surface area contributed by atoms with E-state index < -0.39 is 0 Å². The highest BCUT2D eigenvalue weighted by Crippen LogP contribution is 2.17. The Balaban J connectivity index is 3.62. The summed E-state index contributed by atoms with van der Waals surface area (Å²) in [5.74, 6) is 0.846. The molecule has 0 bridgehead atoms. The van der Waals surface area contributed by atoms with E-state index in [1.54, 1.807) is 11.8 Å². The summed E-state index contributed by atoms with van der Waals surface area (Å²) < 4.78 is 0. The molecule has 0 aromatic heterocycles. The van der Waals surface area contributed by atoms with Crippen LogP contribution in [-0.2, 0) is 0 Å². The van der Waals surface area contributed by atoms with E-state index in [-0.39, 0.29) is 10.8 Å². The van der Waals surface area contributed by atoms with Crippen molar-refractivity contribution in [2.75, 3.05) is 5.75 Å². The molecule has 0 saturated carbocycles. The Kier molecular flexibility index (Phi) is 4.55. The lowest BCUT2D eigenvalue weighted by Crippen LogP contribution is -2.35. The lowest BCUT2D eigenvalue weighted by atomic mass is 10.1. The number of hydrogen-bond acceptors (Lipinski definition) is 3. The van der Waals surface area contributed by atoms with Crippen LogP contribution in [0.5, 0.6) is 0 Å². The molecule has 1 unspecified atom stereocenters. The molecule has 0 spiro atoms. The van der Waals surface area contributed by atoms with Gasteiger partial charge in [0.25, 0.3) is 0 Å². The first-order valence-electron chi connectivity index (χ1n) is 3.79. The van der Waals surface area contributed by atoms with Crippen LogP contribution < -0.4 is 5.73 Å². The molecule has 0 aliphatic heterocycles. The Morgan fingerprint density at radius 1 is 1.64 bits per heavy atom. The van der Waals surface area contributed by atoms with Crippen LogP contribution in [0, 0.1) is 11.3 Å². The van der Waals surface area contributed by atoms with Crippen LogP contribution in [0.2, 0.25) is 0 Å². The second kappa shape index (κ2) is 4.63. The van der Waals surface area contributed by atoms with Gasteiger partial charge in [-0.05, 0) is 20.3 Å². The van der Waals surface area contributed by atoms with E-state index in [1.807, 2.05) is 20.8 Å². The summed E-state index contributed by atoms with van der Waals surface area (Å²) in [5.41, 5.74) is 5.61. The highest BCUT2D eigenvalue weighted by molar-refractivity contribution is 8.00. The largest absolute Gasteiger partial charge is 0.325 e. The number of thioether (sulfide) groups is 1. The van der Waals surface area contributed by atoms with Gasteiger partial charge in [0.15, 0.2) is 0 Å². The van der Waals surface area contributed by atoms with Gasteiger partial charge in [0.1, 0.15) is 0 Å². The first-order chi connectivity index (χ1) is 4.99. The zero-order chi connectivity index (χ0) is 8.91. The first kappa shape index (κ1) is 10.8. The van der Waals surface area contributed by atoms with Crippen molar-refractivity contribution in [2.24, 2.45) is 5.73 Å². The van der Waals surface area contributed by atoms with Gasteiger partial charge in [0.05, 0.1) is 11.3 Å². The summed E-state index contributed by atoms with van der Waals surface area (Å²) in [6.07, 6.45) is 0.900. The highest BCUT2D eigenvalue weighted by atomic mass is 32.2. The minimum atomic E-state index is -0.158. The molecular weight excluding hydrogens is 156 g/mol. The van der Waals surface area contributed by atoms with Crippen LogP contribution in [-0.4, -0.2) is 16.5 Å². The molecule has 0 radical (unpaired) electrons. The SMILES string of the molecule is CCC(C#N)SCC(C)(C)N. The quantitative estimate of drug-likeness (QED) is 0.703. The second-order valence-corrected chi connectivity index (χ2v) is 4.52. The van der Waals surface area contributed by atoms with Crippen LogP contribution in [0.4, 0.5) is 0 Å². The summed E-state index contributed by atoms with van der Waals surface area (Å²) in [6, 6.07) is 2.23. The van der Waals surface area contributed by atoms with Gasteiger partial charge in [-0.3, -0.25) is 0 Å². The van der Waals surface area contributed by atoms with Crippen molar-refractivity contribution in [3.63, 3.8) is 0 Å². The van der Waals surface area contributed by atoms with Gasteiger partial charge in [-0.1, -0.05) is 6.92 Å². The summed E-state index contributed by atoms with van der Waals surface area (Å²) in [6.45, 7) is 5.97. The molecular formula is C8H16N2S. The lowest BCUT2D eigenvalue weighted by molar-refractivity contribution is 0.590. The molecule has 0 heterocycles. The molecule has 64 valence electrons. The fourth-order valence-electron chi connectivity index (χ4n) is 0.562. The third-order valence-corrected chi connectivity index (χ3v) is 2.92. The van der Waals surface area contributed by atoms with Gasteiger partial charge in [-0.15, -0.1) is 11.8 Å². The summed E-state index contributed by atoms with van der Waals surface area (Å²) in [7, 11) is 0. The third-order valence-electron chi connectivity index (χ3n) is 1.17. The standard InChI is InChI=1S/C8H16N2S/c1-4-7(5-9)11-6-8(2,3)10/h7H,4,6,10H2,1-3H3. The predicted octanol–water partition coefficient (Wildman–Crippen LogP) is 1.76. The molecule has 0 rings (SSSR count). The van der Waals surface area contributed by atoms with E-state index >= 15 is 0 Å². The van der Waals surface area contributed by atoms with Crippen LogP contribution in [0.1, 0.15) is 27.2 Å². The summed E-state index contributed by atoms with van der Waals surface area (Å²) in [4.78, 5) is 0. The van der Waals surface area contributed by atoms with Crippen molar-refractivity contribution in [3.8, 4) is 6.07 Å². The number of nitrogens with two attached hydrogens (primary N) is 1. The summed E-state index contributed by atoms with van der Waals surface area (Å²) >= 11 is 1.64. The van der Waals surface area contributed by atoms with Crippen molar-refractivity contribution < 1.29 is 0 Å².